The monoisotopic (exact) mass is 285 g/mol. The summed E-state index contributed by atoms with van der Waals surface area (Å²) in [6, 6.07) is 10.7. The predicted molar refractivity (Wildman–Crippen MR) is 84.8 cm³/mol. The fourth-order valence-electron chi connectivity index (χ4n) is 2.85. The molecule has 1 fully saturated rings. The SMILES string of the molecule is CC(C)C1CC(Nc2ccccc2-n2cccn2)CCO1. The minimum absolute atomic E-state index is 0.355. The molecule has 0 aliphatic carbocycles. The molecule has 1 aliphatic heterocycles. The molecule has 0 saturated carbocycles. The van der Waals surface area contributed by atoms with Gasteiger partial charge in [0, 0.05) is 25.0 Å². The second kappa shape index (κ2) is 6.31. The summed E-state index contributed by atoms with van der Waals surface area (Å²) in [6.45, 7) is 5.29. The van der Waals surface area contributed by atoms with Gasteiger partial charge >= 0.3 is 0 Å². The van der Waals surface area contributed by atoms with Crippen LogP contribution in [0, 0.1) is 5.92 Å². The lowest BCUT2D eigenvalue weighted by Gasteiger charge is -2.33. The summed E-state index contributed by atoms with van der Waals surface area (Å²) in [7, 11) is 0. The molecule has 4 heteroatoms. The third-order valence-corrected chi connectivity index (χ3v) is 4.07. The number of anilines is 1. The van der Waals surface area contributed by atoms with Gasteiger partial charge in [-0.25, -0.2) is 4.68 Å². The molecule has 4 nitrogen and oxygen atoms in total. The number of nitrogens with one attached hydrogen (secondary N) is 1. The zero-order chi connectivity index (χ0) is 14.7. The second-order valence-electron chi connectivity index (χ2n) is 5.99. The quantitative estimate of drug-likeness (QED) is 0.934. The minimum Gasteiger partial charge on any atom is -0.380 e. The highest BCUT2D eigenvalue weighted by atomic mass is 16.5. The number of nitrogens with zero attached hydrogens (tertiary/aromatic N) is 2. The van der Waals surface area contributed by atoms with Crippen LogP contribution < -0.4 is 5.32 Å². The summed E-state index contributed by atoms with van der Waals surface area (Å²) in [5, 5.41) is 8.02. The summed E-state index contributed by atoms with van der Waals surface area (Å²) in [5.74, 6) is 0.566. The van der Waals surface area contributed by atoms with E-state index in [1.807, 2.05) is 23.0 Å². The van der Waals surface area contributed by atoms with E-state index in [0.29, 0.717) is 18.1 Å². The second-order valence-corrected chi connectivity index (χ2v) is 5.99. The molecule has 1 aromatic carbocycles. The summed E-state index contributed by atoms with van der Waals surface area (Å²) < 4.78 is 7.76. The fourth-order valence-corrected chi connectivity index (χ4v) is 2.85. The predicted octanol–water partition coefficient (Wildman–Crippen LogP) is 3.49. The molecule has 0 spiro atoms. The van der Waals surface area contributed by atoms with Gasteiger partial charge < -0.3 is 10.1 Å². The largest absolute Gasteiger partial charge is 0.380 e. The summed E-state index contributed by atoms with van der Waals surface area (Å²) >= 11 is 0. The Morgan fingerprint density at radius 2 is 2.14 bits per heavy atom. The molecule has 2 unspecified atom stereocenters. The van der Waals surface area contributed by atoms with E-state index < -0.39 is 0 Å². The van der Waals surface area contributed by atoms with Crippen LogP contribution in [0.15, 0.2) is 42.7 Å². The van der Waals surface area contributed by atoms with Gasteiger partial charge in [0.25, 0.3) is 0 Å². The van der Waals surface area contributed by atoms with Crippen molar-refractivity contribution >= 4 is 5.69 Å². The highest BCUT2D eigenvalue weighted by molar-refractivity contribution is 5.61. The average molecular weight is 285 g/mol. The summed E-state index contributed by atoms with van der Waals surface area (Å²) in [4.78, 5) is 0. The molecule has 1 aromatic heterocycles. The van der Waals surface area contributed by atoms with Crippen molar-refractivity contribution in [2.45, 2.75) is 38.8 Å². The smallest absolute Gasteiger partial charge is 0.0876 e. The van der Waals surface area contributed by atoms with Crippen molar-refractivity contribution in [1.82, 2.24) is 9.78 Å². The Kier molecular flexibility index (Phi) is 4.25. The van der Waals surface area contributed by atoms with Crippen LogP contribution in [-0.4, -0.2) is 28.5 Å². The zero-order valence-corrected chi connectivity index (χ0v) is 12.7. The maximum Gasteiger partial charge on any atom is 0.0876 e. The van der Waals surface area contributed by atoms with Gasteiger partial charge in [-0.15, -0.1) is 0 Å². The Balaban J connectivity index is 1.76. The van der Waals surface area contributed by atoms with Crippen molar-refractivity contribution in [3.63, 3.8) is 0 Å². The Hall–Kier alpha value is -1.81. The van der Waals surface area contributed by atoms with Crippen LogP contribution in [0.1, 0.15) is 26.7 Å². The van der Waals surface area contributed by atoms with Crippen LogP contribution in [-0.2, 0) is 4.74 Å². The number of benzene rings is 1. The van der Waals surface area contributed by atoms with E-state index in [1.165, 1.54) is 0 Å². The van der Waals surface area contributed by atoms with Gasteiger partial charge in [0.2, 0.25) is 0 Å². The zero-order valence-electron chi connectivity index (χ0n) is 12.7. The van der Waals surface area contributed by atoms with Crippen LogP contribution >= 0.6 is 0 Å². The van der Waals surface area contributed by atoms with Gasteiger partial charge in [-0.05, 0) is 37.0 Å². The molecule has 0 bridgehead atoms. The molecule has 0 amide bonds. The number of hydrogen-bond acceptors (Lipinski definition) is 3. The number of rotatable bonds is 4. The van der Waals surface area contributed by atoms with Crippen LogP contribution in [0.4, 0.5) is 5.69 Å². The standard InChI is InChI=1S/C17H23N3O/c1-13(2)17-12-14(8-11-21-17)19-15-6-3-4-7-16(15)20-10-5-9-18-20/h3-7,9-10,13-14,17,19H,8,11-12H2,1-2H3. The average Bonchev–Trinajstić information content (AvgIpc) is 3.02. The van der Waals surface area contributed by atoms with E-state index in [-0.39, 0.29) is 0 Å². The van der Waals surface area contributed by atoms with E-state index in [0.717, 1.165) is 30.8 Å². The van der Waals surface area contributed by atoms with E-state index in [4.69, 9.17) is 4.74 Å². The first-order chi connectivity index (χ1) is 10.2. The highest BCUT2D eigenvalue weighted by Gasteiger charge is 2.25. The van der Waals surface area contributed by atoms with Crippen molar-refractivity contribution in [2.24, 2.45) is 5.92 Å². The lowest BCUT2D eigenvalue weighted by atomic mass is 9.95. The molecular weight excluding hydrogens is 262 g/mol. The molecule has 112 valence electrons. The number of aromatic nitrogens is 2. The molecule has 0 radical (unpaired) electrons. The molecule has 2 aromatic rings. The Bertz CT molecular complexity index is 565. The van der Waals surface area contributed by atoms with E-state index in [9.17, 15) is 0 Å². The summed E-state index contributed by atoms with van der Waals surface area (Å²) in [5.41, 5.74) is 2.23. The van der Waals surface area contributed by atoms with Crippen molar-refractivity contribution in [3.8, 4) is 5.69 Å². The first-order valence-electron chi connectivity index (χ1n) is 7.71. The van der Waals surface area contributed by atoms with Crippen molar-refractivity contribution < 1.29 is 4.74 Å². The van der Waals surface area contributed by atoms with E-state index in [1.54, 1.807) is 6.20 Å². The molecule has 2 heterocycles. The maximum atomic E-state index is 5.85. The molecule has 1 aliphatic rings. The van der Waals surface area contributed by atoms with Gasteiger partial charge in [-0.1, -0.05) is 26.0 Å². The van der Waals surface area contributed by atoms with Gasteiger partial charge in [0.1, 0.15) is 0 Å². The van der Waals surface area contributed by atoms with Gasteiger partial charge in [-0.3, -0.25) is 0 Å². The topological polar surface area (TPSA) is 39.1 Å². The highest BCUT2D eigenvalue weighted by Crippen LogP contribution is 2.26. The molecule has 1 saturated heterocycles. The third-order valence-electron chi connectivity index (χ3n) is 4.07. The van der Waals surface area contributed by atoms with Crippen molar-refractivity contribution in [3.05, 3.63) is 42.7 Å². The number of ether oxygens (including phenoxy) is 1. The van der Waals surface area contributed by atoms with E-state index >= 15 is 0 Å². The molecule has 21 heavy (non-hydrogen) atoms. The van der Waals surface area contributed by atoms with Crippen LogP contribution in [0.5, 0.6) is 0 Å². The molecule has 2 atom stereocenters. The van der Waals surface area contributed by atoms with Crippen LogP contribution in [0.3, 0.4) is 0 Å². The normalized spacial score (nSPS) is 22.4. The van der Waals surface area contributed by atoms with Gasteiger partial charge in [0.15, 0.2) is 0 Å². The molecular formula is C17H23N3O. The number of hydrogen-bond donors (Lipinski definition) is 1. The van der Waals surface area contributed by atoms with Gasteiger partial charge in [0.05, 0.1) is 17.5 Å². The summed E-state index contributed by atoms with van der Waals surface area (Å²) in [6.07, 6.45) is 6.25. The van der Waals surface area contributed by atoms with Gasteiger partial charge in [-0.2, -0.15) is 5.10 Å². The first-order valence-corrected chi connectivity index (χ1v) is 7.71. The Morgan fingerprint density at radius 3 is 2.90 bits per heavy atom. The molecule has 3 rings (SSSR count). The Morgan fingerprint density at radius 1 is 1.29 bits per heavy atom. The Labute approximate surface area is 126 Å². The number of para-hydroxylation sites is 2. The molecule has 1 N–H and O–H groups in total. The van der Waals surface area contributed by atoms with Crippen LogP contribution in [0.2, 0.25) is 0 Å². The lowest BCUT2D eigenvalue weighted by Crippen LogP contribution is -2.36. The fraction of sp³-hybridized carbons (Fsp3) is 0.471. The van der Waals surface area contributed by atoms with Crippen molar-refractivity contribution in [2.75, 3.05) is 11.9 Å². The van der Waals surface area contributed by atoms with E-state index in [2.05, 4.69) is 42.5 Å². The van der Waals surface area contributed by atoms with Crippen LogP contribution in [0.25, 0.3) is 5.69 Å². The first kappa shape index (κ1) is 14.1. The minimum atomic E-state index is 0.355. The third kappa shape index (κ3) is 3.27. The lowest BCUT2D eigenvalue weighted by molar-refractivity contribution is -0.0160. The maximum absolute atomic E-state index is 5.85. The van der Waals surface area contributed by atoms with Crippen molar-refractivity contribution in [1.29, 1.82) is 0 Å².